The van der Waals surface area contributed by atoms with Crippen LogP contribution in [0, 0.1) is 6.92 Å². The molecule has 19 heavy (non-hydrogen) atoms. The highest BCUT2D eigenvalue weighted by molar-refractivity contribution is 7.17. The van der Waals surface area contributed by atoms with Crippen LogP contribution < -0.4 is 5.73 Å². The Morgan fingerprint density at radius 3 is 2.53 bits per heavy atom. The standard InChI is InChI=1S/C16H13NOS/c1-10-2-4-11(5-3-10)14-8-12(16(17)18)9-15-13(14)6-7-19-15/h2-9H,1H3,(H2,17,18). The zero-order valence-electron chi connectivity index (χ0n) is 10.5. The summed E-state index contributed by atoms with van der Waals surface area (Å²) in [5.41, 5.74) is 9.36. The molecule has 0 fully saturated rings. The maximum atomic E-state index is 11.4. The average Bonchev–Trinajstić information content (AvgIpc) is 2.86. The maximum Gasteiger partial charge on any atom is 0.248 e. The molecule has 2 aromatic carbocycles. The average molecular weight is 267 g/mol. The number of carbonyl (C=O) groups excluding carboxylic acids is 1. The van der Waals surface area contributed by atoms with Gasteiger partial charge in [0.05, 0.1) is 0 Å². The van der Waals surface area contributed by atoms with Crippen molar-refractivity contribution in [3.05, 3.63) is 59.0 Å². The summed E-state index contributed by atoms with van der Waals surface area (Å²) in [5.74, 6) is -0.385. The van der Waals surface area contributed by atoms with Crippen LogP contribution in [0.3, 0.4) is 0 Å². The zero-order chi connectivity index (χ0) is 13.4. The summed E-state index contributed by atoms with van der Waals surface area (Å²) >= 11 is 1.62. The Labute approximate surface area is 115 Å². The second-order valence-corrected chi connectivity index (χ2v) is 5.53. The number of carbonyl (C=O) groups is 1. The fraction of sp³-hybridized carbons (Fsp3) is 0.0625. The molecule has 94 valence electrons. The first-order valence-electron chi connectivity index (χ1n) is 6.03. The summed E-state index contributed by atoms with van der Waals surface area (Å²) in [6.07, 6.45) is 0. The fourth-order valence-corrected chi connectivity index (χ4v) is 3.04. The number of amides is 1. The van der Waals surface area contributed by atoms with Gasteiger partial charge in [0, 0.05) is 15.6 Å². The number of benzene rings is 2. The highest BCUT2D eigenvalue weighted by Crippen LogP contribution is 2.33. The van der Waals surface area contributed by atoms with Crippen molar-refractivity contribution in [1.29, 1.82) is 0 Å². The number of thiophene rings is 1. The summed E-state index contributed by atoms with van der Waals surface area (Å²) in [4.78, 5) is 11.4. The van der Waals surface area contributed by atoms with E-state index in [1.54, 1.807) is 11.3 Å². The van der Waals surface area contributed by atoms with Crippen molar-refractivity contribution in [2.45, 2.75) is 6.92 Å². The van der Waals surface area contributed by atoms with E-state index in [2.05, 4.69) is 37.3 Å². The van der Waals surface area contributed by atoms with E-state index in [-0.39, 0.29) is 5.91 Å². The van der Waals surface area contributed by atoms with E-state index in [0.29, 0.717) is 5.56 Å². The monoisotopic (exact) mass is 267 g/mol. The molecule has 0 aliphatic heterocycles. The molecule has 3 heteroatoms. The Bertz CT molecular complexity index is 756. The smallest absolute Gasteiger partial charge is 0.248 e. The van der Waals surface area contributed by atoms with Gasteiger partial charge in [-0.3, -0.25) is 4.79 Å². The fourth-order valence-electron chi connectivity index (χ4n) is 2.19. The Morgan fingerprint density at radius 2 is 1.84 bits per heavy atom. The second kappa shape index (κ2) is 4.52. The molecular weight excluding hydrogens is 254 g/mol. The number of hydrogen-bond acceptors (Lipinski definition) is 2. The molecule has 3 rings (SSSR count). The van der Waals surface area contributed by atoms with Crippen molar-refractivity contribution >= 4 is 27.3 Å². The second-order valence-electron chi connectivity index (χ2n) is 4.59. The Morgan fingerprint density at radius 1 is 1.11 bits per heavy atom. The van der Waals surface area contributed by atoms with Crippen molar-refractivity contribution in [1.82, 2.24) is 0 Å². The largest absolute Gasteiger partial charge is 0.366 e. The predicted octanol–water partition coefficient (Wildman–Crippen LogP) is 3.98. The zero-order valence-corrected chi connectivity index (χ0v) is 11.3. The SMILES string of the molecule is Cc1ccc(-c2cc(C(N)=O)cc3sccc23)cc1. The number of aryl methyl sites for hydroxylation is 1. The van der Waals surface area contributed by atoms with E-state index in [9.17, 15) is 4.79 Å². The normalized spacial score (nSPS) is 10.8. The molecule has 0 spiro atoms. The minimum Gasteiger partial charge on any atom is -0.366 e. The quantitative estimate of drug-likeness (QED) is 0.750. The predicted molar refractivity (Wildman–Crippen MR) is 80.5 cm³/mol. The highest BCUT2D eigenvalue weighted by atomic mass is 32.1. The Hall–Kier alpha value is -2.13. The van der Waals surface area contributed by atoms with Crippen LogP contribution in [0.15, 0.2) is 47.8 Å². The molecule has 0 aliphatic rings. The van der Waals surface area contributed by atoms with Crippen LogP contribution in [-0.2, 0) is 0 Å². The van der Waals surface area contributed by atoms with Gasteiger partial charge in [0.25, 0.3) is 0 Å². The highest BCUT2D eigenvalue weighted by Gasteiger charge is 2.10. The summed E-state index contributed by atoms with van der Waals surface area (Å²) in [5, 5.41) is 3.20. The van der Waals surface area contributed by atoms with Gasteiger partial charge in [-0.25, -0.2) is 0 Å². The molecule has 3 aromatic rings. The van der Waals surface area contributed by atoms with Crippen molar-refractivity contribution in [2.24, 2.45) is 5.73 Å². The third-order valence-corrected chi connectivity index (χ3v) is 4.08. The lowest BCUT2D eigenvalue weighted by Gasteiger charge is -2.07. The van der Waals surface area contributed by atoms with Gasteiger partial charge in [0.2, 0.25) is 5.91 Å². The molecule has 1 aromatic heterocycles. The van der Waals surface area contributed by atoms with E-state index in [1.807, 2.05) is 17.5 Å². The minimum absolute atomic E-state index is 0.385. The van der Waals surface area contributed by atoms with E-state index in [1.165, 1.54) is 10.9 Å². The number of hydrogen-bond donors (Lipinski definition) is 1. The number of primary amides is 1. The molecule has 0 saturated heterocycles. The molecule has 1 amide bonds. The van der Waals surface area contributed by atoms with Gasteiger partial charge >= 0.3 is 0 Å². The Kier molecular flexibility index (Phi) is 2.84. The van der Waals surface area contributed by atoms with Crippen LogP contribution in [0.4, 0.5) is 0 Å². The molecule has 1 heterocycles. The first-order valence-corrected chi connectivity index (χ1v) is 6.91. The van der Waals surface area contributed by atoms with Gasteiger partial charge in [-0.05, 0) is 41.6 Å². The number of fused-ring (bicyclic) bond motifs is 1. The third-order valence-electron chi connectivity index (χ3n) is 3.22. The summed E-state index contributed by atoms with van der Waals surface area (Å²) in [6.45, 7) is 2.06. The van der Waals surface area contributed by atoms with Crippen LogP contribution in [0.25, 0.3) is 21.2 Å². The van der Waals surface area contributed by atoms with Gasteiger partial charge in [-0.1, -0.05) is 29.8 Å². The lowest BCUT2D eigenvalue weighted by Crippen LogP contribution is -2.10. The van der Waals surface area contributed by atoms with Crippen molar-refractivity contribution < 1.29 is 4.79 Å². The van der Waals surface area contributed by atoms with Crippen LogP contribution >= 0.6 is 11.3 Å². The van der Waals surface area contributed by atoms with Crippen molar-refractivity contribution in [2.75, 3.05) is 0 Å². The molecule has 2 nitrogen and oxygen atoms in total. The van der Waals surface area contributed by atoms with Crippen LogP contribution in [0.2, 0.25) is 0 Å². The minimum atomic E-state index is -0.385. The molecular formula is C16H13NOS. The van der Waals surface area contributed by atoms with Gasteiger partial charge in [0.15, 0.2) is 0 Å². The molecule has 0 atom stereocenters. The van der Waals surface area contributed by atoms with Crippen LogP contribution in [0.5, 0.6) is 0 Å². The summed E-state index contributed by atoms with van der Waals surface area (Å²) in [6, 6.07) is 14.1. The molecule has 0 radical (unpaired) electrons. The molecule has 2 N–H and O–H groups in total. The molecule has 0 aliphatic carbocycles. The van der Waals surface area contributed by atoms with E-state index < -0.39 is 0 Å². The summed E-state index contributed by atoms with van der Waals surface area (Å²) in [7, 11) is 0. The molecule has 0 saturated carbocycles. The molecule has 0 bridgehead atoms. The number of rotatable bonds is 2. The first-order chi connectivity index (χ1) is 9.15. The summed E-state index contributed by atoms with van der Waals surface area (Å²) < 4.78 is 1.09. The number of nitrogens with two attached hydrogens (primary N) is 1. The topological polar surface area (TPSA) is 43.1 Å². The third kappa shape index (κ3) is 2.13. The van der Waals surface area contributed by atoms with E-state index in [0.717, 1.165) is 15.8 Å². The van der Waals surface area contributed by atoms with Crippen LogP contribution in [0.1, 0.15) is 15.9 Å². The van der Waals surface area contributed by atoms with Gasteiger partial charge in [-0.15, -0.1) is 11.3 Å². The van der Waals surface area contributed by atoms with Crippen molar-refractivity contribution in [3.8, 4) is 11.1 Å². The van der Waals surface area contributed by atoms with Gasteiger partial charge in [0.1, 0.15) is 0 Å². The van der Waals surface area contributed by atoms with Crippen molar-refractivity contribution in [3.63, 3.8) is 0 Å². The van der Waals surface area contributed by atoms with E-state index in [4.69, 9.17) is 5.73 Å². The van der Waals surface area contributed by atoms with Gasteiger partial charge in [-0.2, -0.15) is 0 Å². The molecule has 0 unspecified atom stereocenters. The van der Waals surface area contributed by atoms with Crippen LogP contribution in [-0.4, -0.2) is 5.91 Å². The maximum absolute atomic E-state index is 11.4. The Balaban J connectivity index is 2.29. The van der Waals surface area contributed by atoms with Gasteiger partial charge < -0.3 is 5.73 Å². The van der Waals surface area contributed by atoms with E-state index >= 15 is 0 Å². The lowest BCUT2D eigenvalue weighted by molar-refractivity contribution is 0.100. The first kappa shape index (κ1) is 11.9. The lowest BCUT2D eigenvalue weighted by atomic mass is 9.98.